The fraction of sp³-hybridized carbons (Fsp3) is 0.435. The van der Waals surface area contributed by atoms with Crippen molar-refractivity contribution < 1.29 is 18.0 Å². The Morgan fingerprint density at radius 3 is 2.50 bits per heavy atom. The van der Waals surface area contributed by atoms with E-state index in [1.165, 1.54) is 12.1 Å². The van der Waals surface area contributed by atoms with Gasteiger partial charge in [0.25, 0.3) is 0 Å². The first-order valence-corrected chi connectivity index (χ1v) is 10.6. The number of alkyl halides is 3. The van der Waals surface area contributed by atoms with Crippen molar-refractivity contribution in [3.8, 4) is 0 Å². The molecule has 0 spiro atoms. The predicted molar refractivity (Wildman–Crippen MR) is 112 cm³/mol. The zero-order valence-corrected chi connectivity index (χ0v) is 17.4. The quantitative estimate of drug-likeness (QED) is 0.658. The standard InChI is InChI=1S/C23H24ClF3N2O/c1-15(28-21(30)17-5-6-17)16-7-9-20(10-8-16)29-12-11-22(14-29,23(25,26)27)18-3-2-4-19(24)13-18/h2-4,7-10,13,15,17H,5-6,11-12,14H2,1H3,(H,28,30). The minimum absolute atomic E-state index is 0.0214. The third kappa shape index (κ3) is 4.02. The molecule has 7 heteroatoms. The summed E-state index contributed by atoms with van der Waals surface area (Å²) in [5.41, 5.74) is -0.0585. The number of carbonyl (C=O) groups is 1. The van der Waals surface area contributed by atoms with Gasteiger partial charge in [0, 0.05) is 29.7 Å². The first kappa shape index (κ1) is 21.0. The van der Waals surface area contributed by atoms with Gasteiger partial charge in [-0.05, 0) is 61.6 Å². The number of hydrogen-bond acceptors (Lipinski definition) is 2. The summed E-state index contributed by atoms with van der Waals surface area (Å²) in [6, 6.07) is 13.4. The number of halogens is 4. The fourth-order valence-corrected chi connectivity index (χ4v) is 4.37. The first-order valence-electron chi connectivity index (χ1n) is 10.2. The van der Waals surface area contributed by atoms with E-state index in [4.69, 9.17) is 11.6 Å². The van der Waals surface area contributed by atoms with Crippen LogP contribution < -0.4 is 10.2 Å². The molecule has 1 N–H and O–H groups in total. The Bertz CT molecular complexity index is 927. The Hall–Kier alpha value is -2.21. The monoisotopic (exact) mass is 436 g/mol. The minimum atomic E-state index is -4.38. The van der Waals surface area contributed by atoms with E-state index in [9.17, 15) is 18.0 Å². The molecule has 1 amide bonds. The summed E-state index contributed by atoms with van der Waals surface area (Å²) in [6.45, 7) is 2.07. The molecule has 2 aromatic carbocycles. The molecule has 2 unspecified atom stereocenters. The lowest BCUT2D eigenvalue weighted by Crippen LogP contribution is -2.44. The van der Waals surface area contributed by atoms with Crippen molar-refractivity contribution in [2.24, 2.45) is 5.92 Å². The SMILES string of the molecule is CC(NC(=O)C1CC1)c1ccc(N2CCC(c3cccc(Cl)c3)(C(F)(F)F)C2)cc1. The summed E-state index contributed by atoms with van der Waals surface area (Å²) >= 11 is 5.98. The molecular weight excluding hydrogens is 413 g/mol. The number of hydrogen-bond donors (Lipinski definition) is 1. The molecule has 3 nitrogen and oxygen atoms in total. The van der Waals surface area contributed by atoms with Crippen molar-refractivity contribution in [1.29, 1.82) is 0 Å². The van der Waals surface area contributed by atoms with E-state index in [-0.39, 0.29) is 36.4 Å². The van der Waals surface area contributed by atoms with E-state index in [1.807, 2.05) is 31.2 Å². The van der Waals surface area contributed by atoms with Gasteiger partial charge in [0.2, 0.25) is 5.91 Å². The summed E-state index contributed by atoms with van der Waals surface area (Å²) in [5, 5.41) is 3.30. The van der Waals surface area contributed by atoms with Crippen LogP contribution in [0.2, 0.25) is 5.02 Å². The van der Waals surface area contributed by atoms with Crippen molar-refractivity contribution in [3.05, 3.63) is 64.7 Å². The molecule has 1 saturated heterocycles. The lowest BCUT2D eigenvalue weighted by Gasteiger charge is -2.33. The van der Waals surface area contributed by atoms with Crippen molar-refractivity contribution in [2.75, 3.05) is 18.0 Å². The van der Waals surface area contributed by atoms with Crippen LogP contribution in [-0.2, 0) is 10.2 Å². The molecule has 2 aromatic rings. The molecule has 2 fully saturated rings. The lowest BCUT2D eigenvalue weighted by atomic mass is 9.79. The minimum Gasteiger partial charge on any atom is -0.370 e. The number of amides is 1. The molecule has 0 bridgehead atoms. The second-order valence-corrected chi connectivity index (χ2v) is 8.79. The molecular formula is C23H24ClF3N2O. The maximum Gasteiger partial charge on any atom is 0.400 e. The van der Waals surface area contributed by atoms with Crippen LogP contribution >= 0.6 is 11.6 Å². The summed E-state index contributed by atoms with van der Waals surface area (Å²) < 4.78 is 42.5. The predicted octanol–water partition coefficient (Wildman–Crippen LogP) is 5.64. The van der Waals surface area contributed by atoms with E-state index in [1.54, 1.807) is 17.0 Å². The van der Waals surface area contributed by atoms with Crippen LogP contribution in [0.15, 0.2) is 48.5 Å². The molecule has 0 aromatic heterocycles. The Kier molecular flexibility index (Phi) is 5.47. The van der Waals surface area contributed by atoms with Gasteiger partial charge in [-0.25, -0.2) is 0 Å². The molecule has 30 heavy (non-hydrogen) atoms. The third-order valence-electron chi connectivity index (χ3n) is 6.25. The zero-order valence-electron chi connectivity index (χ0n) is 16.7. The van der Waals surface area contributed by atoms with Crippen LogP contribution in [0.3, 0.4) is 0 Å². The van der Waals surface area contributed by atoms with Gasteiger partial charge in [-0.2, -0.15) is 13.2 Å². The smallest absolute Gasteiger partial charge is 0.370 e. The molecule has 1 aliphatic heterocycles. The van der Waals surface area contributed by atoms with Gasteiger partial charge in [0.15, 0.2) is 0 Å². The van der Waals surface area contributed by atoms with Gasteiger partial charge in [-0.1, -0.05) is 35.9 Å². The number of nitrogens with one attached hydrogen (secondary N) is 1. The zero-order chi connectivity index (χ0) is 21.5. The Morgan fingerprint density at radius 2 is 1.90 bits per heavy atom. The molecule has 160 valence electrons. The highest BCUT2D eigenvalue weighted by atomic mass is 35.5. The van der Waals surface area contributed by atoms with Crippen molar-refractivity contribution in [1.82, 2.24) is 5.32 Å². The molecule has 0 radical (unpaired) electrons. The maximum atomic E-state index is 14.2. The van der Waals surface area contributed by atoms with E-state index in [0.717, 1.165) is 24.1 Å². The van der Waals surface area contributed by atoms with E-state index in [0.29, 0.717) is 11.6 Å². The Balaban J connectivity index is 1.52. The molecule has 2 atom stereocenters. The van der Waals surface area contributed by atoms with E-state index >= 15 is 0 Å². The molecule has 2 aliphatic rings. The summed E-state index contributed by atoms with van der Waals surface area (Å²) in [7, 11) is 0. The average molecular weight is 437 g/mol. The van der Waals surface area contributed by atoms with Crippen LogP contribution in [0.4, 0.5) is 18.9 Å². The highest BCUT2D eigenvalue weighted by Gasteiger charge is 2.59. The topological polar surface area (TPSA) is 32.3 Å². The van der Waals surface area contributed by atoms with Gasteiger partial charge in [-0.3, -0.25) is 4.79 Å². The van der Waals surface area contributed by atoms with Crippen LogP contribution in [0.5, 0.6) is 0 Å². The van der Waals surface area contributed by atoms with E-state index in [2.05, 4.69) is 5.32 Å². The van der Waals surface area contributed by atoms with E-state index < -0.39 is 11.6 Å². The van der Waals surface area contributed by atoms with Crippen LogP contribution in [-0.4, -0.2) is 25.2 Å². The van der Waals surface area contributed by atoms with Gasteiger partial charge in [0.05, 0.1) is 6.04 Å². The van der Waals surface area contributed by atoms with Crippen molar-refractivity contribution in [2.45, 2.75) is 43.8 Å². The van der Waals surface area contributed by atoms with Gasteiger partial charge in [-0.15, -0.1) is 0 Å². The number of anilines is 1. The number of carbonyl (C=O) groups excluding carboxylic acids is 1. The second-order valence-electron chi connectivity index (χ2n) is 8.36. The van der Waals surface area contributed by atoms with Gasteiger partial charge >= 0.3 is 6.18 Å². The Labute approximate surface area is 179 Å². The average Bonchev–Trinajstić information content (AvgIpc) is 3.45. The highest BCUT2D eigenvalue weighted by molar-refractivity contribution is 6.30. The molecule has 1 aliphatic carbocycles. The lowest BCUT2D eigenvalue weighted by molar-refractivity contribution is -0.184. The molecule has 4 rings (SSSR count). The van der Waals surface area contributed by atoms with Crippen LogP contribution in [0.1, 0.15) is 43.4 Å². The highest BCUT2D eigenvalue weighted by Crippen LogP contribution is 2.49. The summed E-state index contributed by atoms with van der Waals surface area (Å²) in [4.78, 5) is 13.7. The maximum absolute atomic E-state index is 14.2. The summed E-state index contributed by atoms with van der Waals surface area (Å²) in [6.07, 6.45) is -2.51. The van der Waals surface area contributed by atoms with Gasteiger partial charge in [0.1, 0.15) is 5.41 Å². The molecule has 1 heterocycles. The largest absolute Gasteiger partial charge is 0.400 e. The van der Waals surface area contributed by atoms with Crippen molar-refractivity contribution >= 4 is 23.2 Å². The van der Waals surface area contributed by atoms with Crippen LogP contribution in [0, 0.1) is 5.92 Å². The number of rotatable bonds is 5. The first-order chi connectivity index (χ1) is 14.2. The fourth-order valence-electron chi connectivity index (χ4n) is 4.18. The van der Waals surface area contributed by atoms with Crippen LogP contribution in [0.25, 0.3) is 0 Å². The third-order valence-corrected chi connectivity index (χ3v) is 6.49. The van der Waals surface area contributed by atoms with Crippen molar-refractivity contribution in [3.63, 3.8) is 0 Å². The summed E-state index contributed by atoms with van der Waals surface area (Å²) in [5.74, 6) is 0.209. The molecule has 1 saturated carbocycles. The number of nitrogens with zero attached hydrogens (tertiary/aromatic N) is 1. The number of benzene rings is 2. The normalized spacial score (nSPS) is 22.8. The Morgan fingerprint density at radius 1 is 1.20 bits per heavy atom. The van der Waals surface area contributed by atoms with Gasteiger partial charge < -0.3 is 10.2 Å². The second kappa shape index (κ2) is 7.80.